The zero-order valence-corrected chi connectivity index (χ0v) is 10.1. The molecule has 0 saturated heterocycles. The third-order valence-corrected chi connectivity index (χ3v) is 2.59. The molecule has 0 saturated carbocycles. The Morgan fingerprint density at radius 1 is 1.56 bits per heavy atom. The largest absolute Gasteiger partial charge is 0.374 e. The lowest BCUT2D eigenvalue weighted by atomic mass is 10.1. The molecule has 88 valence electrons. The number of carbonyl (C=O) groups is 1. The fourth-order valence-corrected chi connectivity index (χ4v) is 1.66. The Labute approximate surface area is 101 Å². The summed E-state index contributed by atoms with van der Waals surface area (Å²) in [5.74, 6) is -0.326. The van der Waals surface area contributed by atoms with Crippen molar-refractivity contribution in [1.82, 2.24) is 0 Å². The summed E-state index contributed by atoms with van der Waals surface area (Å²) in [7, 11) is 0. The number of primary amides is 1. The van der Waals surface area contributed by atoms with E-state index in [2.05, 4.69) is 12.2 Å². The number of nitrogens with one attached hydrogen (secondary N) is 1. The van der Waals surface area contributed by atoms with Gasteiger partial charge in [-0.15, -0.1) is 0 Å². The van der Waals surface area contributed by atoms with Gasteiger partial charge >= 0.3 is 0 Å². The lowest BCUT2D eigenvalue weighted by Crippen LogP contribution is -2.35. The Morgan fingerprint density at radius 3 is 2.88 bits per heavy atom. The Hall–Kier alpha value is -1.22. The van der Waals surface area contributed by atoms with Gasteiger partial charge in [-0.1, -0.05) is 37.4 Å². The monoisotopic (exact) mass is 240 g/mol. The summed E-state index contributed by atoms with van der Waals surface area (Å²) in [5, 5.41) is 3.74. The summed E-state index contributed by atoms with van der Waals surface area (Å²) in [6.45, 7) is 2.08. The number of anilines is 1. The summed E-state index contributed by atoms with van der Waals surface area (Å²) < 4.78 is 0. The average molecular weight is 241 g/mol. The number of nitrogens with two attached hydrogens (primary N) is 1. The molecule has 0 aliphatic carbocycles. The van der Waals surface area contributed by atoms with Gasteiger partial charge in [0.2, 0.25) is 5.91 Å². The molecule has 3 N–H and O–H groups in total. The van der Waals surface area contributed by atoms with Crippen LogP contribution < -0.4 is 11.1 Å². The van der Waals surface area contributed by atoms with Crippen LogP contribution in [0.1, 0.15) is 26.2 Å². The molecule has 0 bridgehead atoms. The number of halogens is 1. The summed E-state index contributed by atoms with van der Waals surface area (Å²) in [5.41, 5.74) is 6.16. The van der Waals surface area contributed by atoms with E-state index >= 15 is 0 Å². The summed E-state index contributed by atoms with van der Waals surface area (Å²) in [4.78, 5) is 11.2. The van der Waals surface area contributed by atoms with Crippen LogP contribution in [-0.2, 0) is 4.79 Å². The van der Waals surface area contributed by atoms with E-state index in [1.54, 1.807) is 12.1 Å². The van der Waals surface area contributed by atoms with Gasteiger partial charge in [-0.2, -0.15) is 0 Å². The SMILES string of the molecule is CCCCC(Nc1cccc(Cl)c1)C(N)=O. The maximum atomic E-state index is 11.2. The maximum absolute atomic E-state index is 11.2. The van der Waals surface area contributed by atoms with Crippen LogP contribution in [0.5, 0.6) is 0 Å². The Bertz CT molecular complexity index is 355. The van der Waals surface area contributed by atoms with Gasteiger partial charge in [-0.3, -0.25) is 4.79 Å². The summed E-state index contributed by atoms with van der Waals surface area (Å²) in [6, 6.07) is 6.95. The average Bonchev–Trinajstić information content (AvgIpc) is 2.24. The molecule has 1 unspecified atom stereocenters. The van der Waals surface area contributed by atoms with Crippen LogP contribution >= 0.6 is 11.6 Å². The third-order valence-electron chi connectivity index (χ3n) is 2.36. The van der Waals surface area contributed by atoms with Crippen molar-refractivity contribution < 1.29 is 4.79 Å². The van der Waals surface area contributed by atoms with E-state index in [-0.39, 0.29) is 11.9 Å². The second-order valence-corrected chi connectivity index (χ2v) is 4.19. The smallest absolute Gasteiger partial charge is 0.239 e. The standard InChI is InChI=1S/C12H17ClN2O/c1-2-3-7-11(12(14)16)15-10-6-4-5-9(13)8-10/h4-6,8,11,15H,2-3,7H2,1H3,(H2,14,16). The zero-order chi connectivity index (χ0) is 12.0. The highest BCUT2D eigenvalue weighted by molar-refractivity contribution is 6.30. The van der Waals surface area contributed by atoms with Crippen molar-refractivity contribution in [1.29, 1.82) is 0 Å². The number of benzene rings is 1. The van der Waals surface area contributed by atoms with Crippen LogP contribution in [0.15, 0.2) is 24.3 Å². The number of unbranched alkanes of at least 4 members (excludes halogenated alkanes) is 1. The molecule has 1 aromatic carbocycles. The quantitative estimate of drug-likeness (QED) is 0.803. The van der Waals surface area contributed by atoms with Gasteiger partial charge in [-0.05, 0) is 24.6 Å². The van der Waals surface area contributed by atoms with Crippen LogP contribution in [0, 0.1) is 0 Å². The zero-order valence-electron chi connectivity index (χ0n) is 9.37. The summed E-state index contributed by atoms with van der Waals surface area (Å²) >= 11 is 5.86. The molecular formula is C12H17ClN2O. The number of amides is 1. The molecule has 1 aromatic rings. The maximum Gasteiger partial charge on any atom is 0.239 e. The van der Waals surface area contributed by atoms with Crippen LogP contribution in [0.2, 0.25) is 5.02 Å². The van der Waals surface area contributed by atoms with Crippen molar-refractivity contribution >= 4 is 23.2 Å². The lowest BCUT2D eigenvalue weighted by molar-refractivity contribution is -0.118. The van der Waals surface area contributed by atoms with Crippen LogP contribution in [0.3, 0.4) is 0 Å². The fraction of sp³-hybridized carbons (Fsp3) is 0.417. The van der Waals surface area contributed by atoms with E-state index in [1.807, 2.05) is 12.1 Å². The van der Waals surface area contributed by atoms with Gasteiger partial charge < -0.3 is 11.1 Å². The molecular weight excluding hydrogens is 224 g/mol. The van der Waals surface area contributed by atoms with Crippen LogP contribution in [-0.4, -0.2) is 11.9 Å². The molecule has 1 rings (SSSR count). The summed E-state index contributed by atoms with van der Waals surface area (Å²) in [6.07, 6.45) is 2.76. The highest BCUT2D eigenvalue weighted by atomic mass is 35.5. The molecule has 0 fully saturated rings. The van der Waals surface area contributed by atoms with Crippen molar-refractivity contribution in [2.45, 2.75) is 32.2 Å². The molecule has 1 atom stereocenters. The number of hydrogen-bond donors (Lipinski definition) is 2. The second kappa shape index (κ2) is 6.38. The minimum atomic E-state index is -0.326. The third kappa shape index (κ3) is 4.11. The minimum absolute atomic E-state index is 0.321. The Kier molecular flexibility index (Phi) is 5.12. The van der Waals surface area contributed by atoms with Gasteiger partial charge in [0.25, 0.3) is 0 Å². The van der Waals surface area contributed by atoms with Gasteiger partial charge in [0, 0.05) is 10.7 Å². The van der Waals surface area contributed by atoms with E-state index in [4.69, 9.17) is 17.3 Å². The Morgan fingerprint density at radius 2 is 2.31 bits per heavy atom. The first kappa shape index (κ1) is 12.8. The second-order valence-electron chi connectivity index (χ2n) is 3.75. The van der Waals surface area contributed by atoms with Crippen LogP contribution in [0.25, 0.3) is 0 Å². The van der Waals surface area contributed by atoms with Gasteiger partial charge in [0.15, 0.2) is 0 Å². The molecule has 0 aliphatic rings. The van der Waals surface area contributed by atoms with E-state index in [1.165, 1.54) is 0 Å². The van der Waals surface area contributed by atoms with Crippen molar-refractivity contribution in [3.63, 3.8) is 0 Å². The van der Waals surface area contributed by atoms with Crippen molar-refractivity contribution in [2.75, 3.05) is 5.32 Å². The van der Waals surface area contributed by atoms with Crippen LogP contribution in [0.4, 0.5) is 5.69 Å². The predicted molar refractivity (Wildman–Crippen MR) is 67.6 cm³/mol. The molecule has 0 aromatic heterocycles. The number of hydrogen-bond acceptors (Lipinski definition) is 2. The first-order valence-corrected chi connectivity index (χ1v) is 5.82. The molecule has 0 spiro atoms. The van der Waals surface area contributed by atoms with Crippen molar-refractivity contribution in [3.05, 3.63) is 29.3 Å². The first-order chi connectivity index (χ1) is 7.63. The molecule has 1 amide bonds. The van der Waals surface area contributed by atoms with E-state index in [0.717, 1.165) is 24.9 Å². The molecule has 16 heavy (non-hydrogen) atoms. The van der Waals surface area contributed by atoms with E-state index in [0.29, 0.717) is 5.02 Å². The molecule has 0 aliphatic heterocycles. The van der Waals surface area contributed by atoms with E-state index in [9.17, 15) is 4.79 Å². The highest BCUT2D eigenvalue weighted by Crippen LogP contribution is 2.17. The molecule has 3 nitrogen and oxygen atoms in total. The topological polar surface area (TPSA) is 55.1 Å². The lowest BCUT2D eigenvalue weighted by Gasteiger charge is -2.16. The van der Waals surface area contributed by atoms with Gasteiger partial charge in [0.1, 0.15) is 6.04 Å². The molecule has 4 heteroatoms. The fourth-order valence-electron chi connectivity index (χ4n) is 1.47. The molecule has 0 radical (unpaired) electrons. The van der Waals surface area contributed by atoms with E-state index < -0.39 is 0 Å². The Balaban J connectivity index is 2.64. The van der Waals surface area contributed by atoms with Crippen molar-refractivity contribution in [2.24, 2.45) is 5.73 Å². The van der Waals surface area contributed by atoms with Gasteiger partial charge in [-0.25, -0.2) is 0 Å². The minimum Gasteiger partial charge on any atom is -0.374 e. The number of rotatable bonds is 6. The first-order valence-electron chi connectivity index (χ1n) is 5.45. The van der Waals surface area contributed by atoms with Crippen molar-refractivity contribution in [3.8, 4) is 0 Å². The predicted octanol–water partition coefficient (Wildman–Crippen LogP) is 2.80. The number of carbonyl (C=O) groups excluding carboxylic acids is 1. The highest BCUT2D eigenvalue weighted by Gasteiger charge is 2.13. The van der Waals surface area contributed by atoms with Gasteiger partial charge in [0.05, 0.1) is 0 Å². The molecule has 0 heterocycles. The normalized spacial score (nSPS) is 12.1.